The van der Waals surface area contributed by atoms with Crippen molar-refractivity contribution in [1.29, 1.82) is 0 Å². The highest BCUT2D eigenvalue weighted by atomic mass is 16.5. The number of hydrogen-bond donors (Lipinski definition) is 0. The number of aryl methyl sites for hydroxylation is 1. The summed E-state index contributed by atoms with van der Waals surface area (Å²) in [6.45, 7) is 2.15. The van der Waals surface area contributed by atoms with Crippen molar-refractivity contribution in [3.05, 3.63) is 59.7 Å². The third kappa shape index (κ3) is 2.90. The molecule has 0 spiro atoms. The zero-order valence-corrected chi connectivity index (χ0v) is 12.3. The number of aromatic nitrogens is 2. The SMILES string of the molecule is Cc1cc(CN(C)C(=O)c2cc(-c3ccccc3)no2)no1. The van der Waals surface area contributed by atoms with Crippen molar-refractivity contribution in [3.63, 3.8) is 0 Å². The van der Waals surface area contributed by atoms with Crippen LogP contribution < -0.4 is 0 Å². The van der Waals surface area contributed by atoms with Crippen LogP contribution in [0.1, 0.15) is 22.0 Å². The van der Waals surface area contributed by atoms with Crippen LogP contribution >= 0.6 is 0 Å². The van der Waals surface area contributed by atoms with E-state index in [1.54, 1.807) is 26.1 Å². The Kier molecular flexibility index (Phi) is 3.74. The molecule has 0 saturated carbocycles. The molecule has 112 valence electrons. The second kappa shape index (κ2) is 5.85. The molecule has 0 radical (unpaired) electrons. The van der Waals surface area contributed by atoms with Crippen molar-refractivity contribution in [1.82, 2.24) is 15.2 Å². The third-order valence-electron chi connectivity index (χ3n) is 3.21. The normalized spacial score (nSPS) is 10.6. The van der Waals surface area contributed by atoms with E-state index in [-0.39, 0.29) is 11.7 Å². The molecule has 0 saturated heterocycles. The van der Waals surface area contributed by atoms with E-state index in [0.717, 1.165) is 5.56 Å². The number of nitrogens with zero attached hydrogens (tertiary/aromatic N) is 3. The smallest absolute Gasteiger partial charge is 0.292 e. The first-order valence-corrected chi connectivity index (χ1v) is 6.83. The first-order valence-electron chi connectivity index (χ1n) is 6.83. The fraction of sp³-hybridized carbons (Fsp3) is 0.188. The van der Waals surface area contributed by atoms with Gasteiger partial charge < -0.3 is 13.9 Å². The van der Waals surface area contributed by atoms with E-state index in [1.165, 1.54) is 4.90 Å². The monoisotopic (exact) mass is 297 g/mol. The molecule has 3 rings (SSSR count). The first kappa shape index (κ1) is 14.1. The zero-order valence-electron chi connectivity index (χ0n) is 12.3. The summed E-state index contributed by atoms with van der Waals surface area (Å²) in [4.78, 5) is 13.8. The molecule has 0 unspecified atom stereocenters. The number of hydrogen-bond acceptors (Lipinski definition) is 5. The summed E-state index contributed by atoms with van der Waals surface area (Å²) in [5, 5.41) is 7.81. The largest absolute Gasteiger partial charge is 0.361 e. The van der Waals surface area contributed by atoms with E-state index >= 15 is 0 Å². The van der Waals surface area contributed by atoms with Gasteiger partial charge in [0.25, 0.3) is 5.91 Å². The standard InChI is InChI=1S/C16H15N3O3/c1-11-8-13(17-21-11)10-19(2)16(20)15-9-14(18-22-15)12-6-4-3-5-7-12/h3-9H,10H2,1-2H3. The van der Waals surface area contributed by atoms with Gasteiger partial charge in [0, 0.05) is 24.7 Å². The second-order valence-corrected chi connectivity index (χ2v) is 5.03. The lowest BCUT2D eigenvalue weighted by molar-refractivity contribution is 0.0740. The lowest BCUT2D eigenvalue weighted by atomic mass is 10.1. The maximum atomic E-state index is 12.3. The molecule has 0 aliphatic heterocycles. The summed E-state index contributed by atoms with van der Waals surface area (Å²) in [6, 6.07) is 13.0. The minimum atomic E-state index is -0.254. The lowest BCUT2D eigenvalue weighted by Gasteiger charge is -2.12. The molecule has 6 heteroatoms. The van der Waals surface area contributed by atoms with Crippen LogP contribution in [0.3, 0.4) is 0 Å². The van der Waals surface area contributed by atoms with Crippen LogP contribution in [0.5, 0.6) is 0 Å². The topological polar surface area (TPSA) is 72.4 Å². The van der Waals surface area contributed by atoms with E-state index in [9.17, 15) is 4.79 Å². The van der Waals surface area contributed by atoms with E-state index < -0.39 is 0 Å². The molecule has 0 bridgehead atoms. The predicted molar refractivity (Wildman–Crippen MR) is 79.0 cm³/mol. The molecule has 2 aromatic heterocycles. The second-order valence-electron chi connectivity index (χ2n) is 5.03. The molecular weight excluding hydrogens is 282 g/mol. The molecule has 0 aliphatic carbocycles. The number of benzene rings is 1. The fourth-order valence-electron chi connectivity index (χ4n) is 2.12. The predicted octanol–water partition coefficient (Wildman–Crippen LogP) is 2.91. The van der Waals surface area contributed by atoms with Crippen molar-refractivity contribution >= 4 is 5.91 Å². The quantitative estimate of drug-likeness (QED) is 0.740. The maximum Gasteiger partial charge on any atom is 0.292 e. The minimum Gasteiger partial charge on any atom is -0.361 e. The highest BCUT2D eigenvalue weighted by Crippen LogP contribution is 2.19. The Morgan fingerprint density at radius 1 is 1.14 bits per heavy atom. The van der Waals surface area contributed by atoms with Crippen molar-refractivity contribution in [2.45, 2.75) is 13.5 Å². The van der Waals surface area contributed by atoms with Crippen LogP contribution in [0, 0.1) is 6.92 Å². The van der Waals surface area contributed by atoms with Crippen molar-refractivity contribution in [2.75, 3.05) is 7.05 Å². The molecule has 1 amide bonds. The molecule has 22 heavy (non-hydrogen) atoms. The zero-order chi connectivity index (χ0) is 15.5. The number of amides is 1. The van der Waals surface area contributed by atoms with Gasteiger partial charge in [-0.2, -0.15) is 0 Å². The maximum absolute atomic E-state index is 12.3. The van der Waals surface area contributed by atoms with Crippen LogP contribution in [0.2, 0.25) is 0 Å². The molecule has 0 N–H and O–H groups in total. The summed E-state index contributed by atoms with van der Waals surface area (Å²) in [6.07, 6.45) is 0. The highest BCUT2D eigenvalue weighted by Gasteiger charge is 2.19. The number of carbonyl (C=O) groups excluding carboxylic acids is 1. The molecule has 0 atom stereocenters. The van der Waals surface area contributed by atoms with Crippen molar-refractivity contribution < 1.29 is 13.8 Å². The Bertz CT molecular complexity index is 777. The van der Waals surface area contributed by atoms with Gasteiger partial charge in [0.2, 0.25) is 5.76 Å². The average Bonchev–Trinajstić information content (AvgIpc) is 3.17. The van der Waals surface area contributed by atoms with E-state index in [1.807, 2.05) is 30.3 Å². The lowest BCUT2D eigenvalue weighted by Crippen LogP contribution is -2.25. The van der Waals surface area contributed by atoms with Crippen LogP contribution in [0.4, 0.5) is 0 Å². The summed E-state index contributed by atoms with van der Waals surface area (Å²) >= 11 is 0. The summed E-state index contributed by atoms with van der Waals surface area (Å²) < 4.78 is 10.1. The fourth-order valence-corrected chi connectivity index (χ4v) is 2.12. The van der Waals surface area contributed by atoms with Gasteiger partial charge in [-0.1, -0.05) is 40.6 Å². The third-order valence-corrected chi connectivity index (χ3v) is 3.21. The number of rotatable bonds is 4. The molecule has 0 aliphatic rings. The van der Waals surface area contributed by atoms with Crippen molar-refractivity contribution in [2.24, 2.45) is 0 Å². The van der Waals surface area contributed by atoms with E-state index in [2.05, 4.69) is 10.3 Å². The Balaban J connectivity index is 1.74. The van der Waals surface area contributed by atoms with Crippen LogP contribution in [-0.2, 0) is 6.54 Å². The molecule has 0 fully saturated rings. The summed E-state index contributed by atoms with van der Waals surface area (Å²) in [5.41, 5.74) is 2.23. The van der Waals surface area contributed by atoms with Gasteiger partial charge in [-0.15, -0.1) is 0 Å². The van der Waals surface area contributed by atoms with Crippen LogP contribution in [0.25, 0.3) is 11.3 Å². The molecular formula is C16H15N3O3. The summed E-state index contributed by atoms with van der Waals surface area (Å²) in [7, 11) is 1.68. The first-order chi connectivity index (χ1) is 10.6. The Labute approximate surface area is 127 Å². The van der Waals surface area contributed by atoms with Gasteiger partial charge >= 0.3 is 0 Å². The molecule has 2 heterocycles. The van der Waals surface area contributed by atoms with Gasteiger partial charge in [0.15, 0.2) is 0 Å². The molecule has 6 nitrogen and oxygen atoms in total. The molecule has 3 aromatic rings. The Hall–Kier alpha value is -2.89. The van der Waals surface area contributed by atoms with Gasteiger partial charge in [-0.25, -0.2) is 0 Å². The van der Waals surface area contributed by atoms with Gasteiger partial charge in [-0.05, 0) is 6.92 Å². The minimum absolute atomic E-state index is 0.196. The highest BCUT2D eigenvalue weighted by molar-refractivity contribution is 5.92. The summed E-state index contributed by atoms with van der Waals surface area (Å²) in [5.74, 6) is 0.652. The average molecular weight is 297 g/mol. The van der Waals surface area contributed by atoms with Gasteiger partial charge in [-0.3, -0.25) is 4.79 Å². The van der Waals surface area contributed by atoms with E-state index in [4.69, 9.17) is 9.05 Å². The Morgan fingerprint density at radius 3 is 2.59 bits per heavy atom. The number of carbonyl (C=O) groups is 1. The van der Waals surface area contributed by atoms with Crippen molar-refractivity contribution in [3.8, 4) is 11.3 Å². The molecule has 1 aromatic carbocycles. The Morgan fingerprint density at radius 2 is 1.91 bits per heavy atom. The van der Waals surface area contributed by atoms with Crippen LogP contribution in [0.15, 0.2) is 51.5 Å². The van der Waals surface area contributed by atoms with E-state index in [0.29, 0.717) is 23.7 Å². The van der Waals surface area contributed by atoms with Crippen LogP contribution in [-0.4, -0.2) is 28.2 Å². The van der Waals surface area contributed by atoms with Gasteiger partial charge in [0.05, 0.1) is 6.54 Å². The van der Waals surface area contributed by atoms with Gasteiger partial charge in [0.1, 0.15) is 17.1 Å².